The number of esters is 1. The maximum atomic E-state index is 14.6. The summed E-state index contributed by atoms with van der Waals surface area (Å²) >= 11 is 5.93. The number of ether oxygens (including phenoxy) is 3. The molecular weight excluding hydrogens is 476 g/mol. The lowest BCUT2D eigenvalue weighted by Crippen LogP contribution is -2.41. The van der Waals surface area contributed by atoms with Gasteiger partial charge in [0.1, 0.15) is 17.3 Å². The van der Waals surface area contributed by atoms with Crippen LogP contribution in [0, 0.1) is 5.82 Å². The third-order valence-electron chi connectivity index (χ3n) is 4.66. The smallest absolute Gasteiger partial charge is 0.431 e. The largest absolute Gasteiger partial charge is 0.454 e. The number of carbonyl (C=O) groups is 1. The number of aromatic nitrogens is 2. The maximum Gasteiger partial charge on any atom is 0.431 e. The summed E-state index contributed by atoms with van der Waals surface area (Å²) in [5.74, 6) is -1.55. The van der Waals surface area contributed by atoms with Crippen LogP contribution in [0.2, 0.25) is 5.02 Å². The lowest BCUT2D eigenvalue weighted by atomic mass is 10.2. The molecule has 0 fully saturated rings. The number of rotatable bonds is 3. The monoisotopic (exact) mass is 486 g/mol. The molecule has 0 unspecified atom stereocenters. The van der Waals surface area contributed by atoms with Gasteiger partial charge in [-0.1, -0.05) is 11.6 Å². The van der Waals surface area contributed by atoms with Crippen LogP contribution < -0.4 is 25.5 Å². The van der Waals surface area contributed by atoms with Crippen LogP contribution in [0.4, 0.5) is 17.6 Å². The number of alkyl halides is 3. The number of hydrogen-bond donors (Lipinski definition) is 0. The summed E-state index contributed by atoms with van der Waals surface area (Å²) in [5, 5.41) is -0.418. The van der Waals surface area contributed by atoms with Crippen molar-refractivity contribution in [2.24, 2.45) is 7.05 Å². The third kappa shape index (κ3) is 4.04. The van der Waals surface area contributed by atoms with Gasteiger partial charge >= 0.3 is 17.8 Å². The molecule has 1 aliphatic rings. The molecule has 0 saturated carbocycles. The van der Waals surface area contributed by atoms with Gasteiger partial charge in [0.25, 0.3) is 5.56 Å². The Kier molecular flexibility index (Phi) is 5.40. The van der Waals surface area contributed by atoms with E-state index in [0.29, 0.717) is 17.6 Å². The molecule has 0 bridgehead atoms. The number of fused-ring (bicyclic) bond motifs is 1. The summed E-state index contributed by atoms with van der Waals surface area (Å²) in [6.07, 6.45) is -5.00. The molecule has 0 radical (unpaired) electrons. The number of hydrogen-bond acceptors (Lipinski definition) is 6. The fourth-order valence-corrected chi connectivity index (χ4v) is 3.31. The van der Waals surface area contributed by atoms with Gasteiger partial charge in [-0.2, -0.15) is 13.2 Å². The van der Waals surface area contributed by atoms with Crippen molar-refractivity contribution in [3.8, 4) is 22.9 Å². The highest BCUT2D eigenvalue weighted by Gasteiger charge is 2.35. The van der Waals surface area contributed by atoms with E-state index in [9.17, 15) is 31.9 Å². The average Bonchev–Trinajstić information content (AvgIpc) is 3.19. The van der Waals surface area contributed by atoms with Gasteiger partial charge < -0.3 is 14.2 Å². The molecule has 172 valence electrons. The van der Waals surface area contributed by atoms with Crippen LogP contribution in [0.3, 0.4) is 0 Å². The molecule has 2 aromatic carbocycles. The van der Waals surface area contributed by atoms with Crippen molar-refractivity contribution in [2.75, 3.05) is 6.79 Å². The third-order valence-corrected chi connectivity index (χ3v) is 4.98. The van der Waals surface area contributed by atoms with Crippen molar-refractivity contribution in [1.29, 1.82) is 0 Å². The van der Waals surface area contributed by atoms with Gasteiger partial charge in [0, 0.05) is 19.2 Å². The maximum absolute atomic E-state index is 14.6. The first kappa shape index (κ1) is 22.4. The molecule has 1 aromatic heterocycles. The van der Waals surface area contributed by atoms with E-state index in [1.807, 2.05) is 0 Å². The van der Waals surface area contributed by atoms with Crippen LogP contribution in [0.5, 0.6) is 17.2 Å². The summed E-state index contributed by atoms with van der Waals surface area (Å²) in [4.78, 5) is 37.4. The van der Waals surface area contributed by atoms with Crippen LogP contribution in [0.25, 0.3) is 5.69 Å². The predicted molar refractivity (Wildman–Crippen MR) is 105 cm³/mol. The lowest BCUT2D eigenvalue weighted by Gasteiger charge is -2.15. The quantitative estimate of drug-likeness (QED) is 0.321. The lowest BCUT2D eigenvalue weighted by molar-refractivity contribution is -0.144. The van der Waals surface area contributed by atoms with Crippen molar-refractivity contribution in [3.05, 3.63) is 79.3 Å². The SMILES string of the molecule is Cn1c(C(F)(F)F)cc(=O)n(-c2cc(C(=O)Oc3ccc4c(c3)OCO4)c(Cl)cc2F)c1=O. The number of nitrogens with zero attached hydrogens (tertiary/aromatic N) is 2. The van der Waals surface area contributed by atoms with Gasteiger partial charge in [-0.25, -0.2) is 18.5 Å². The minimum atomic E-state index is -5.00. The van der Waals surface area contributed by atoms with E-state index in [4.69, 9.17) is 25.8 Å². The molecule has 3 aromatic rings. The standard InChI is InChI=1S/C20H11ClF4N2O6/c1-26-16(20(23,24)25)7-17(28)27(19(26)30)13-5-10(11(21)6-12(13)22)18(29)33-9-2-3-14-15(4-9)32-8-31-14/h2-7H,8H2,1H3. The van der Waals surface area contributed by atoms with E-state index in [-0.39, 0.29) is 27.7 Å². The molecule has 8 nitrogen and oxygen atoms in total. The Morgan fingerprint density at radius 2 is 1.79 bits per heavy atom. The number of carbonyl (C=O) groups excluding carboxylic acids is 1. The van der Waals surface area contributed by atoms with Crippen molar-refractivity contribution in [2.45, 2.75) is 6.18 Å². The highest BCUT2D eigenvalue weighted by atomic mass is 35.5. The van der Waals surface area contributed by atoms with Crippen molar-refractivity contribution in [3.63, 3.8) is 0 Å². The van der Waals surface area contributed by atoms with Crippen molar-refractivity contribution in [1.82, 2.24) is 9.13 Å². The van der Waals surface area contributed by atoms with Crippen molar-refractivity contribution < 1.29 is 36.6 Å². The Morgan fingerprint density at radius 1 is 1.09 bits per heavy atom. The zero-order valence-corrected chi connectivity index (χ0v) is 17.2. The van der Waals surface area contributed by atoms with Crippen LogP contribution in [-0.4, -0.2) is 21.9 Å². The average molecular weight is 487 g/mol. The minimum absolute atomic E-state index is 0.0171. The van der Waals surface area contributed by atoms with E-state index < -0.39 is 51.2 Å². The first-order chi connectivity index (χ1) is 15.5. The number of halogens is 5. The van der Waals surface area contributed by atoms with Gasteiger partial charge in [-0.3, -0.25) is 9.36 Å². The molecule has 13 heteroatoms. The summed E-state index contributed by atoms with van der Waals surface area (Å²) < 4.78 is 69.5. The molecule has 4 rings (SSSR count). The Balaban J connectivity index is 1.77. The molecule has 0 atom stereocenters. The van der Waals surface area contributed by atoms with Gasteiger partial charge in [0.15, 0.2) is 11.5 Å². The Bertz CT molecular complexity index is 1410. The van der Waals surface area contributed by atoms with E-state index in [1.165, 1.54) is 18.2 Å². The summed E-state index contributed by atoms with van der Waals surface area (Å²) in [6, 6.07) is 5.74. The molecule has 2 heterocycles. The Labute approximate surface area is 186 Å². The van der Waals surface area contributed by atoms with Crippen LogP contribution in [0.1, 0.15) is 16.1 Å². The zero-order chi connectivity index (χ0) is 24.1. The molecular formula is C20H11ClF4N2O6. The van der Waals surface area contributed by atoms with E-state index in [2.05, 4.69) is 0 Å². The fourth-order valence-electron chi connectivity index (χ4n) is 3.09. The molecule has 0 saturated heterocycles. The first-order valence-electron chi connectivity index (χ1n) is 8.99. The molecule has 1 aliphatic heterocycles. The highest BCUT2D eigenvalue weighted by molar-refractivity contribution is 6.33. The van der Waals surface area contributed by atoms with E-state index >= 15 is 0 Å². The van der Waals surface area contributed by atoms with E-state index in [0.717, 1.165) is 13.1 Å². The second-order valence-electron chi connectivity index (χ2n) is 6.73. The Morgan fingerprint density at radius 3 is 2.48 bits per heavy atom. The molecule has 33 heavy (non-hydrogen) atoms. The van der Waals surface area contributed by atoms with Gasteiger partial charge in [0.2, 0.25) is 6.79 Å². The highest BCUT2D eigenvalue weighted by Crippen LogP contribution is 2.35. The summed E-state index contributed by atoms with van der Waals surface area (Å²) in [5.41, 5.74) is -5.69. The molecule has 0 spiro atoms. The molecule has 0 aliphatic carbocycles. The van der Waals surface area contributed by atoms with Crippen LogP contribution >= 0.6 is 11.6 Å². The normalized spacial score (nSPS) is 12.7. The van der Waals surface area contributed by atoms with Crippen LogP contribution in [0.15, 0.2) is 46.0 Å². The minimum Gasteiger partial charge on any atom is -0.454 e. The first-order valence-corrected chi connectivity index (χ1v) is 9.36. The topological polar surface area (TPSA) is 88.8 Å². The van der Waals surface area contributed by atoms with Gasteiger partial charge in [0.05, 0.1) is 16.3 Å². The summed E-state index contributed by atoms with van der Waals surface area (Å²) in [7, 11) is 0.768. The zero-order valence-electron chi connectivity index (χ0n) is 16.4. The fraction of sp³-hybridized carbons (Fsp3) is 0.150. The van der Waals surface area contributed by atoms with Crippen molar-refractivity contribution >= 4 is 17.6 Å². The summed E-state index contributed by atoms with van der Waals surface area (Å²) in [6.45, 7) is -0.0171. The number of benzene rings is 2. The Hall–Kier alpha value is -3.80. The second kappa shape index (κ2) is 7.96. The van der Waals surface area contributed by atoms with Crippen LogP contribution in [-0.2, 0) is 13.2 Å². The predicted octanol–water partition coefficient (Wildman–Crippen LogP) is 3.30. The molecule has 0 amide bonds. The second-order valence-corrected chi connectivity index (χ2v) is 7.14. The van der Waals surface area contributed by atoms with E-state index in [1.54, 1.807) is 0 Å². The van der Waals surface area contributed by atoms with Gasteiger partial charge in [-0.15, -0.1) is 0 Å². The molecule has 0 N–H and O–H groups in total. The van der Waals surface area contributed by atoms with Gasteiger partial charge in [-0.05, 0) is 24.3 Å².